The zero-order valence-corrected chi connectivity index (χ0v) is 12.9. The molecular formula is C17H11FN2O5. The molecule has 1 aliphatic heterocycles. The molecule has 0 amide bonds. The van der Waals surface area contributed by atoms with Crippen LogP contribution in [0.3, 0.4) is 0 Å². The Labute approximate surface area is 141 Å². The van der Waals surface area contributed by atoms with Gasteiger partial charge in [0.15, 0.2) is 5.70 Å². The molecule has 0 bridgehead atoms. The summed E-state index contributed by atoms with van der Waals surface area (Å²) in [5.74, 6) is -1.05. The Morgan fingerprint density at radius 3 is 2.76 bits per heavy atom. The van der Waals surface area contributed by atoms with Crippen molar-refractivity contribution in [1.29, 1.82) is 0 Å². The van der Waals surface area contributed by atoms with Gasteiger partial charge in [-0.2, -0.15) is 0 Å². The van der Waals surface area contributed by atoms with Crippen molar-refractivity contribution in [3.63, 3.8) is 0 Å². The van der Waals surface area contributed by atoms with Gasteiger partial charge in [0.05, 0.1) is 17.6 Å². The van der Waals surface area contributed by atoms with Crippen LogP contribution < -0.4 is 4.74 Å². The van der Waals surface area contributed by atoms with E-state index < -0.39 is 16.7 Å². The largest absolute Gasteiger partial charge is 0.496 e. The number of nitro groups is 1. The minimum absolute atomic E-state index is 0.0471. The van der Waals surface area contributed by atoms with Gasteiger partial charge in [0.25, 0.3) is 5.69 Å². The third-order valence-electron chi connectivity index (χ3n) is 3.40. The number of methoxy groups -OCH3 is 1. The second-order valence-corrected chi connectivity index (χ2v) is 5.03. The molecule has 0 fully saturated rings. The van der Waals surface area contributed by atoms with E-state index in [2.05, 4.69) is 4.99 Å². The standard InChI is InChI=1S/C17H11FN2O5/c1-24-15-6-5-12(20(22)23)9-13(15)16-19-14(17(21)25-16)8-10-3-2-4-11(18)7-10/h2-9H,1H3/b14-8+. The van der Waals surface area contributed by atoms with E-state index in [4.69, 9.17) is 9.47 Å². The molecule has 8 heteroatoms. The lowest BCUT2D eigenvalue weighted by Gasteiger charge is -2.06. The van der Waals surface area contributed by atoms with Crippen LogP contribution in [-0.4, -0.2) is 23.9 Å². The average molecular weight is 342 g/mol. The number of benzene rings is 2. The molecule has 0 radical (unpaired) electrons. The smallest absolute Gasteiger partial charge is 0.363 e. The summed E-state index contributed by atoms with van der Waals surface area (Å²) in [6, 6.07) is 9.47. The highest BCUT2D eigenvalue weighted by molar-refractivity contribution is 6.14. The fourth-order valence-corrected chi connectivity index (χ4v) is 2.26. The second kappa shape index (κ2) is 6.52. The summed E-state index contributed by atoms with van der Waals surface area (Å²) in [6.45, 7) is 0. The van der Waals surface area contributed by atoms with Crippen LogP contribution in [0.25, 0.3) is 6.08 Å². The van der Waals surface area contributed by atoms with Crippen molar-refractivity contribution >= 4 is 23.6 Å². The summed E-state index contributed by atoms with van der Waals surface area (Å²) in [5.41, 5.74) is 0.363. The number of hydrogen-bond donors (Lipinski definition) is 0. The van der Waals surface area contributed by atoms with Crippen molar-refractivity contribution in [2.24, 2.45) is 4.99 Å². The van der Waals surface area contributed by atoms with Gasteiger partial charge in [0, 0.05) is 12.1 Å². The molecule has 25 heavy (non-hydrogen) atoms. The summed E-state index contributed by atoms with van der Waals surface area (Å²) >= 11 is 0. The molecule has 1 heterocycles. The third-order valence-corrected chi connectivity index (χ3v) is 3.40. The lowest BCUT2D eigenvalue weighted by Crippen LogP contribution is -2.07. The highest BCUT2D eigenvalue weighted by atomic mass is 19.1. The van der Waals surface area contributed by atoms with E-state index in [1.807, 2.05) is 0 Å². The summed E-state index contributed by atoms with van der Waals surface area (Å²) in [7, 11) is 1.38. The molecule has 0 atom stereocenters. The SMILES string of the molecule is COc1ccc([N+](=O)[O-])cc1C1=N/C(=C/c2cccc(F)c2)C(=O)O1. The van der Waals surface area contributed by atoms with Crippen LogP contribution >= 0.6 is 0 Å². The number of esters is 1. The molecule has 126 valence electrons. The predicted molar refractivity (Wildman–Crippen MR) is 86.7 cm³/mol. The first-order chi connectivity index (χ1) is 12.0. The molecule has 0 unspecified atom stereocenters. The lowest BCUT2D eigenvalue weighted by atomic mass is 10.1. The van der Waals surface area contributed by atoms with Crippen LogP contribution in [0.15, 0.2) is 53.2 Å². The molecule has 0 saturated heterocycles. The maximum Gasteiger partial charge on any atom is 0.363 e. The first kappa shape index (κ1) is 16.3. The fourth-order valence-electron chi connectivity index (χ4n) is 2.26. The molecule has 3 rings (SSSR count). The first-order valence-corrected chi connectivity index (χ1v) is 7.09. The molecule has 0 spiro atoms. The Morgan fingerprint density at radius 1 is 1.28 bits per heavy atom. The van der Waals surface area contributed by atoms with Crippen LogP contribution in [0.4, 0.5) is 10.1 Å². The summed E-state index contributed by atoms with van der Waals surface area (Å²) in [4.78, 5) is 26.4. The zero-order chi connectivity index (χ0) is 18.0. The molecular weight excluding hydrogens is 331 g/mol. The monoisotopic (exact) mass is 342 g/mol. The molecule has 7 nitrogen and oxygen atoms in total. The molecule has 0 saturated carbocycles. The van der Waals surface area contributed by atoms with E-state index in [-0.39, 0.29) is 28.6 Å². The number of halogens is 1. The van der Waals surface area contributed by atoms with E-state index in [1.165, 1.54) is 49.6 Å². The van der Waals surface area contributed by atoms with Gasteiger partial charge < -0.3 is 9.47 Å². The topological polar surface area (TPSA) is 91.0 Å². The van der Waals surface area contributed by atoms with Gasteiger partial charge in [0.2, 0.25) is 5.90 Å². The Morgan fingerprint density at radius 2 is 2.08 bits per heavy atom. The van der Waals surface area contributed by atoms with Gasteiger partial charge in [0.1, 0.15) is 11.6 Å². The number of carbonyl (C=O) groups is 1. The summed E-state index contributed by atoms with van der Waals surface area (Å²) in [5, 5.41) is 10.9. The van der Waals surface area contributed by atoms with Crippen LogP contribution in [0, 0.1) is 15.9 Å². The van der Waals surface area contributed by atoms with Crippen molar-refractivity contribution in [2.75, 3.05) is 7.11 Å². The number of non-ortho nitro benzene ring substituents is 1. The molecule has 2 aromatic rings. The van der Waals surface area contributed by atoms with Gasteiger partial charge in [-0.25, -0.2) is 14.2 Å². The van der Waals surface area contributed by atoms with Crippen molar-refractivity contribution < 1.29 is 23.6 Å². The average Bonchev–Trinajstić information content (AvgIpc) is 2.95. The zero-order valence-electron chi connectivity index (χ0n) is 12.9. The van der Waals surface area contributed by atoms with Crippen molar-refractivity contribution in [2.45, 2.75) is 0 Å². The number of nitro benzene ring substituents is 1. The fraction of sp³-hybridized carbons (Fsp3) is 0.0588. The van der Waals surface area contributed by atoms with Crippen LogP contribution in [0.5, 0.6) is 5.75 Å². The second-order valence-electron chi connectivity index (χ2n) is 5.03. The van der Waals surface area contributed by atoms with Crippen molar-refractivity contribution in [3.8, 4) is 5.75 Å². The molecule has 0 aliphatic carbocycles. The number of cyclic esters (lactones) is 1. The van der Waals surface area contributed by atoms with Gasteiger partial charge in [-0.15, -0.1) is 0 Å². The number of rotatable bonds is 4. The Bertz CT molecular complexity index is 936. The molecule has 0 aromatic heterocycles. The van der Waals surface area contributed by atoms with Gasteiger partial charge >= 0.3 is 5.97 Å². The Kier molecular flexibility index (Phi) is 4.25. The quantitative estimate of drug-likeness (QED) is 0.368. The van der Waals surface area contributed by atoms with Crippen LogP contribution in [0.2, 0.25) is 0 Å². The third kappa shape index (κ3) is 3.37. The van der Waals surface area contributed by atoms with Crippen LogP contribution in [-0.2, 0) is 9.53 Å². The van der Waals surface area contributed by atoms with Crippen molar-refractivity contribution in [3.05, 3.63) is 75.2 Å². The Hall–Kier alpha value is -3.55. The van der Waals surface area contributed by atoms with Gasteiger partial charge in [-0.1, -0.05) is 12.1 Å². The maximum absolute atomic E-state index is 13.2. The number of aliphatic imine (C=N–C) groups is 1. The van der Waals surface area contributed by atoms with E-state index in [0.29, 0.717) is 5.56 Å². The van der Waals surface area contributed by atoms with Gasteiger partial charge in [-0.3, -0.25) is 10.1 Å². The number of carbonyl (C=O) groups excluding carboxylic acids is 1. The highest BCUT2D eigenvalue weighted by Gasteiger charge is 2.27. The lowest BCUT2D eigenvalue weighted by molar-refractivity contribution is -0.384. The van der Waals surface area contributed by atoms with E-state index in [1.54, 1.807) is 6.07 Å². The van der Waals surface area contributed by atoms with Gasteiger partial charge in [-0.05, 0) is 29.8 Å². The number of hydrogen-bond acceptors (Lipinski definition) is 6. The Balaban J connectivity index is 2.03. The first-order valence-electron chi connectivity index (χ1n) is 7.09. The van der Waals surface area contributed by atoms with E-state index in [9.17, 15) is 19.3 Å². The maximum atomic E-state index is 13.2. The summed E-state index contributed by atoms with van der Waals surface area (Å²) in [6.07, 6.45) is 1.36. The number of ether oxygens (including phenoxy) is 2. The molecule has 0 N–H and O–H groups in total. The van der Waals surface area contributed by atoms with Crippen LogP contribution in [0.1, 0.15) is 11.1 Å². The summed E-state index contributed by atoms with van der Waals surface area (Å²) < 4.78 is 23.5. The molecule has 1 aliphatic rings. The number of nitrogens with zero attached hydrogens (tertiary/aromatic N) is 2. The minimum atomic E-state index is -0.743. The highest BCUT2D eigenvalue weighted by Crippen LogP contribution is 2.28. The minimum Gasteiger partial charge on any atom is -0.496 e. The van der Waals surface area contributed by atoms with E-state index in [0.717, 1.165) is 0 Å². The molecule has 2 aromatic carbocycles. The van der Waals surface area contributed by atoms with E-state index >= 15 is 0 Å². The van der Waals surface area contributed by atoms with Crippen molar-refractivity contribution in [1.82, 2.24) is 0 Å². The normalized spacial score (nSPS) is 15.0. The predicted octanol–water partition coefficient (Wildman–Crippen LogP) is 3.09.